The molecule has 1 aromatic heterocycles. The van der Waals surface area contributed by atoms with Crippen molar-refractivity contribution in [1.29, 1.82) is 0 Å². The number of amides is 1. The van der Waals surface area contributed by atoms with Crippen LogP contribution in [0.4, 0.5) is 5.69 Å². The van der Waals surface area contributed by atoms with Gasteiger partial charge in [0.25, 0.3) is 5.91 Å². The first-order valence-corrected chi connectivity index (χ1v) is 9.36. The third kappa shape index (κ3) is 4.82. The van der Waals surface area contributed by atoms with Gasteiger partial charge in [0, 0.05) is 16.3 Å². The average molecular weight is 429 g/mol. The van der Waals surface area contributed by atoms with Crippen molar-refractivity contribution >= 4 is 46.5 Å². The standard InChI is InChI=1S/C21H17ClN2O4S/c1-11-3-5-13(9-15(11)22)17-7-8-18(28-17)19(25)24-21(29)23-16-10-14(20(26)27)6-4-12(16)2/h3-10H,1-2H3,(H,26,27)(H2,23,24,25,29). The van der Waals surface area contributed by atoms with Crippen LogP contribution in [-0.4, -0.2) is 22.1 Å². The number of anilines is 1. The van der Waals surface area contributed by atoms with Crippen molar-refractivity contribution < 1.29 is 19.1 Å². The van der Waals surface area contributed by atoms with Crippen molar-refractivity contribution in [3.05, 3.63) is 76.0 Å². The second-order valence-corrected chi connectivity index (χ2v) is 7.19. The van der Waals surface area contributed by atoms with Crippen LogP contribution in [0, 0.1) is 13.8 Å². The first-order chi connectivity index (χ1) is 13.7. The summed E-state index contributed by atoms with van der Waals surface area (Å²) >= 11 is 11.3. The lowest BCUT2D eigenvalue weighted by atomic mass is 10.1. The molecule has 3 aromatic rings. The van der Waals surface area contributed by atoms with E-state index in [0.717, 1.165) is 16.7 Å². The number of carboxylic acids is 1. The van der Waals surface area contributed by atoms with Crippen LogP contribution >= 0.6 is 23.8 Å². The fourth-order valence-corrected chi connectivity index (χ4v) is 2.95. The van der Waals surface area contributed by atoms with Crippen LogP contribution in [0.3, 0.4) is 0 Å². The summed E-state index contributed by atoms with van der Waals surface area (Å²) in [5.74, 6) is -1.00. The number of hydrogen-bond donors (Lipinski definition) is 3. The van der Waals surface area contributed by atoms with E-state index in [0.29, 0.717) is 16.5 Å². The van der Waals surface area contributed by atoms with E-state index >= 15 is 0 Å². The summed E-state index contributed by atoms with van der Waals surface area (Å²) < 4.78 is 5.62. The Morgan fingerprint density at radius 2 is 1.76 bits per heavy atom. The SMILES string of the molecule is Cc1ccc(-c2ccc(C(=O)NC(=S)Nc3cc(C(=O)O)ccc3C)o2)cc1Cl. The van der Waals surface area contributed by atoms with Crippen LogP contribution in [0.15, 0.2) is 52.9 Å². The molecule has 3 N–H and O–H groups in total. The molecule has 0 radical (unpaired) electrons. The average Bonchev–Trinajstić information content (AvgIpc) is 3.16. The molecule has 0 fully saturated rings. The van der Waals surface area contributed by atoms with Crippen molar-refractivity contribution in [2.24, 2.45) is 0 Å². The summed E-state index contributed by atoms with van der Waals surface area (Å²) in [6, 6.07) is 13.3. The van der Waals surface area contributed by atoms with E-state index in [1.807, 2.05) is 19.1 Å². The molecule has 8 heteroatoms. The number of aromatic carboxylic acids is 1. The zero-order valence-corrected chi connectivity index (χ0v) is 17.1. The maximum atomic E-state index is 12.4. The van der Waals surface area contributed by atoms with Crippen LogP contribution in [-0.2, 0) is 0 Å². The highest BCUT2D eigenvalue weighted by Gasteiger charge is 2.15. The lowest BCUT2D eigenvalue weighted by Crippen LogP contribution is -2.34. The molecular weight excluding hydrogens is 412 g/mol. The number of hydrogen-bond acceptors (Lipinski definition) is 4. The van der Waals surface area contributed by atoms with Gasteiger partial charge >= 0.3 is 5.97 Å². The van der Waals surface area contributed by atoms with Gasteiger partial charge < -0.3 is 14.8 Å². The number of furan rings is 1. The highest BCUT2D eigenvalue weighted by atomic mass is 35.5. The number of carboxylic acid groups (broad SMARTS) is 1. The number of halogens is 1. The van der Waals surface area contributed by atoms with E-state index in [4.69, 9.17) is 33.3 Å². The van der Waals surface area contributed by atoms with Crippen LogP contribution in [0.25, 0.3) is 11.3 Å². The third-order valence-corrected chi connectivity index (χ3v) is 4.86. The van der Waals surface area contributed by atoms with E-state index in [2.05, 4.69) is 10.6 Å². The molecule has 0 bridgehead atoms. The van der Waals surface area contributed by atoms with Gasteiger partial charge in [-0.25, -0.2) is 4.79 Å². The molecule has 0 atom stereocenters. The molecule has 1 amide bonds. The largest absolute Gasteiger partial charge is 0.478 e. The quantitative estimate of drug-likeness (QED) is 0.504. The van der Waals surface area contributed by atoms with Crippen molar-refractivity contribution in [3.63, 3.8) is 0 Å². The molecule has 0 saturated carbocycles. The monoisotopic (exact) mass is 428 g/mol. The van der Waals surface area contributed by atoms with Gasteiger partial charge in [-0.05, 0) is 67.5 Å². The number of thiocarbonyl (C=S) groups is 1. The predicted octanol–water partition coefficient (Wildman–Crippen LogP) is 5.04. The van der Waals surface area contributed by atoms with E-state index in [9.17, 15) is 9.59 Å². The molecule has 2 aromatic carbocycles. The van der Waals surface area contributed by atoms with Gasteiger partial charge in [-0.1, -0.05) is 29.8 Å². The molecule has 0 saturated heterocycles. The topological polar surface area (TPSA) is 91.6 Å². The van der Waals surface area contributed by atoms with Gasteiger partial charge in [-0.15, -0.1) is 0 Å². The molecule has 6 nitrogen and oxygen atoms in total. The second-order valence-electron chi connectivity index (χ2n) is 6.37. The molecule has 148 valence electrons. The molecule has 0 unspecified atom stereocenters. The Balaban J connectivity index is 1.70. The highest BCUT2D eigenvalue weighted by Crippen LogP contribution is 2.27. The van der Waals surface area contributed by atoms with Crippen molar-refractivity contribution in [1.82, 2.24) is 5.32 Å². The number of rotatable bonds is 4. The van der Waals surface area contributed by atoms with E-state index < -0.39 is 11.9 Å². The van der Waals surface area contributed by atoms with Crippen molar-refractivity contribution in [2.75, 3.05) is 5.32 Å². The smallest absolute Gasteiger partial charge is 0.335 e. The first kappa shape index (κ1) is 20.6. The summed E-state index contributed by atoms with van der Waals surface area (Å²) in [5, 5.41) is 15.1. The maximum absolute atomic E-state index is 12.4. The number of carbonyl (C=O) groups is 2. The Labute approximate surface area is 177 Å². The van der Waals surface area contributed by atoms with Gasteiger partial charge in [0.2, 0.25) is 0 Å². The number of benzene rings is 2. The minimum absolute atomic E-state index is 0.0250. The maximum Gasteiger partial charge on any atom is 0.335 e. The van der Waals surface area contributed by atoms with Crippen molar-refractivity contribution in [3.8, 4) is 11.3 Å². The molecule has 0 spiro atoms. The normalized spacial score (nSPS) is 10.4. The summed E-state index contributed by atoms with van der Waals surface area (Å²) in [5.41, 5.74) is 3.08. The summed E-state index contributed by atoms with van der Waals surface area (Å²) in [7, 11) is 0. The number of carbonyl (C=O) groups excluding carboxylic acids is 1. The Hall–Kier alpha value is -3.16. The van der Waals surface area contributed by atoms with E-state index in [1.165, 1.54) is 18.2 Å². The Bertz CT molecular complexity index is 1120. The van der Waals surface area contributed by atoms with E-state index in [-0.39, 0.29) is 16.4 Å². The van der Waals surface area contributed by atoms with Crippen LogP contribution < -0.4 is 10.6 Å². The third-order valence-electron chi connectivity index (χ3n) is 4.25. The fraction of sp³-hybridized carbons (Fsp3) is 0.0952. The minimum Gasteiger partial charge on any atom is -0.478 e. The summed E-state index contributed by atoms with van der Waals surface area (Å²) in [4.78, 5) is 23.5. The zero-order chi connectivity index (χ0) is 21.1. The fourth-order valence-electron chi connectivity index (χ4n) is 2.57. The Kier molecular flexibility index (Phi) is 6.00. The lowest BCUT2D eigenvalue weighted by Gasteiger charge is -2.11. The molecule has 0 aliphatic carbocycles. The van der Waals surface area contributed by atoms with Gasteiger partial charge in [0.15, 0.2) is 10.9 Å². The molecule has 3 rings (SSSR count). The summed E-state index contributed by atoms with van der Waals surface area (Å²) in [6.45, 7) is 3.69. The molecule has 0 aliphatic rings. The van der Waals surface area contributed by atoms with Crippen LogP contribution in [0.2, 0.25) is 5.02 Å². The van der Waals surface area contributed by atoms with Crippen molar-refractivity contribution in [2.45, 2.75) is 13.8 Å². The zero-order valence-electron chi connectivity index (χ0n) is 15.6. The lowest BCUT2D eigenvalue weighted by molar-refractivity contribution is 0.0696. The summed E-state index contributed by atoms with van der Waals surface area (Å²) in [6.07, 6.45) is 0. The number of aryl methyl sites for hydroxylation is 2. The Morgan fingerprint density at radius 3 is 2.45 bits per heavy atom. The van der Waals surface area contributed by atoms with E-state index in [1.54, 1.807) is 25.1 Å². The first-order valence-electron chi connectivity index (χ1n) is 8.57. The molecular formula is C21H17ClN2O4S. The minimum atomic E-state index is -1.05. The predicted molar refractivity (Wildman–Crippen MR) is 116 cm³/mol. The van der Waals surface area contributed by atoms with Crippen LogP contribution in [0.5, 0.6) is 0 Å². The highest BCUT2D eigenvalue weighted by molar-refractivity contribution is 7.80. The molecule has 1 heterocycles. The Morgan fingerprint density at radius 1 is 1.03 bits per heavy atom. The second kappa shape index (κ2) is 8.46. The van der Waals surface area contributed by atoms with Gasteiger partial charge in [-0.3, -0.25) is 10.1 Å². The van der Waals surface area contributed by atoms with Gasteiger partial charge in [0.1, 0.15) is 5.76 Å². The number of nitrogens with one attached hydrogen (secondary N) is 2. The van der Waals surface area contributed by atoms with Crippen LogP contribution in [0.1, 0.15) is 32.0 Å². The molecule has 29 heavy (non-hydrogen) atoms. The molecule has 0 aliphatic heterocycles. The van der Waals surface area contributed by atoms with Gasteiger partial charge in [0.05, 0.1) is 5.56 Å². The van der Waals surface area contributed by atoms with Gasteiger partial charge in [-0.2, -0.15) is 0 Å².